The van der Waals surface area contributed by atoms with Gasteiger partial charge in [0, 0.05) is 38.6 Å². The van der Waals surface area contributed by atoms with Crippen LogP contribution in [0.3, 0.4) is 0 Å². The first-order valence-electron chi connectivity index (χ1n) is 7.27. The van der Waals surface area contributed by atoms with E-state index in [0.717, 1.165) is 19.5 Å². The van der Waals surface area contributed by atoms with E-state index in [1.165, 1.54) is 0 Å². The molecule has 0 aromatic carbocycles. The Morgan fingerprint density at radius 1 is 1.05 bits per heavy atom. The molecule has 21 heavy (non-hydrogen) atoms. The summed E-state index contributed by atoms with van der Waals surface area (Å²) in [6.45, 7) is 10.0. The van der Waals surface area contributed by atoms with Gasteiger partial charge in [-0.15, -0.1) is 0 Å². The molecule has 1 heterocycles. The molecule has 0 spiro atoms. The molecule has 2 N–H and O–H groups in total. The number of imide groups is 1. The molecule has 1 rings (SSSR count). The minimum Gasteiger partial charge on any atom is -0.342 e. The number of hydrogen-bond donors (Lipinski definition) is 2. The minimum absolute atomic E-state index is 0.0610. The van der Waals surface area contributed by atoms with Crippen molar-refractivity contribution in [2.24, 2.45) is 0 Å². The first-order valence-corrected chi connectivity index (χ1v) is 7.27. The van der Waals surface area contributed by atoms with Crippen LogP contribution < -0.4 is 10.6 Å². The van der Waals surface area contributed by atoms with Gasteiger partial charge in [-0.3, -0.25) is 19.8 Å². The van der Waals surface area contributed by atoms with Crippen LogP contribution in [0, 0.1) is 0 Å². The van der Waals surface area contributed by atoms with E-state index in [4.69, 9.17) is 0 Å². The van der Waals surface area contributed by atoms with Crippen molar-refractivity contribution in [3.05, 3.63) is 0 Å². The average Bonchev–Trinajstić information content (AvgIpc) is 2.51. The quantitative estimate of drug-likeness (QED) is 0.761. The van der Waals surface area contributed by atoms with E-state index in [0.29, 0.717) is 13.1 Å². The number of nitrogens with zero attached hydrogens (tertiary/aromatic N) is 2. The van der Waals surface area contributed by atoms with Crippen molar-refractivity contribution in [1.29, 1.82) is 0 Å². The molecule has 4 amide bonds. The summed E-state index contributed by atoms with van der Waals surface area (Å²) in [7, 11) is 0. The van der Waals surface area contributed by atoms with Crippen molar-refractivity contribution >= 4 is 17.8 Å². The van der Waals surface area contributed by atoms with Crippen molar-refractivity contribution in [2.45, 2.75) is 39.7 Å². The van der Waals surface area contributed by atoms with Gasteiger partial charge in [-0.25, -0.2) is 4.79 Å². The molecule has 0 bridgehead atoms. The highest BCUT2D eigenvalue weighted by Crippen LogP contribution is 2.03. The molecule has 1 saturated heterocycles. The third-order valence-electron chi connectivity index (χ3n) is 3.14. The Balaban J connectivity index is 2.38. The van der Waals surface area contributed by atoms with Crippen molar-refractivity contribution in [2.75, 3.05) is 32.7 Å². The molecular weight excluding hydrogens is 272 g/mol. The highest BCUT2D eigenvalue weighted by atomic mass is 16.2. The standard InChI is InChI=1S/C14H26N4O3/c1-11(19)18-7-5-6-17(8-9-18)10-12(20)15-13(21)16-14(2,3)4/h5-10H2,1-4H3,(H2,15,16,20,21). The van der Waals surface area contributed by atoms with Gasteiger partial charge >= 0.3 is 6.03 Å². The third-order valence-corrected chi connectivity index (χ3v) is 3.14. The van der Waals surface area contributed by atoms with Crippen molar-refractivity contribution < 1.29 is 14.4 Å². The summed E-state index contributed by atoms with van der Waals surface area (Å²) >= 11 is 0. The van der Waals surface area contributed by atoms with Gasteiger partial charge in [0.2, 0.25) is 11.8 Å². The van der Waals surface area contributed by atoms with E-state index in [1.54, 1.807) is 11.8 Å². The molecule has 120 valence electrons. The van der Waals surface area contributed by atoms with Crippen LogP contribution in [0.5, 0.6) is 0 Å². The van der Waals surface area contributed by atoms with Gasteiger partial charge in [0.25, 0.3) is 0 Å². The summed E-state index contributed by atoms with van der Waals surface area (Å²) in [6, 6.07) is -0.479. The molecule has 7 heteroatoms. The van der Waals surface area contributed by atoms with Gasteiger partial charge in [-0.2, -0.15) is 0 Å². The van der Waals surface area contributed by atoms with Crippen LogP contribution in [-0.2, 0) is 9.59 Å². The molecule has 0 radical (unpaired) electrons. The minimum atomic E-state index is -0.479. The van der Waals surface area contributed by atoms with E-state index < -0.39 is 6.03 Å². The summed E-state index contributed by atoms with van der Waals surface area (Å²) in [6.07, 6.45) is 0.834. The van der Waals surface area contributed by atoms with Crippen molar-refractivity contribution in [3.8, 4) is 0 Å². The second-order valence-electron chi connectivity index (χ2n) is 6.39. The SMILES string of the molecule is CC(=O)N1CCCN(CC(=O)NC(=O)NC(C)(C)C)CC1. The fourth-order valence-corrected chi connectivity index (χ4v) is 2.19. The van der Waals surface area contributed by atoms with E-state index in [2.05, 4.69) is 10.6 Å². The van der Waals surface area contributed by atoms with Crippen molar-refractivity contribution in [3.63, 3.8) is 0 Å². The molecule has 0 atom stereocenters. The highest BCUT2D eigenvalue weighted by Gasteiger charge is 2.20. The zero-order valence-electron chi connectivity index (χ0n) is 13.4. The number of carbonyl (C=O) groups excluding carboxylic acids is 3. The first kappa shape index (κ1) is 17.4. The largest absolute Gasteiger partial charge is 0.342 e. The maximum absolute atomic E-state index is 11.8. The lowest BCUT2D eigenvalue weighted by Crippen LogP contribution is -2.50. The molecule has 1 fully saturated rings. The van der Waals surface area contributed by atoms with Crippen LogP contribution >= 0.6 is 0 Å². The molecular formula is C14H26N4O3. The Hall–Kier alpha value is -1.63. The van der Waals surface area contributed by atoms with E-state index >= 15 is 0 Å². The molecule has 0 aromatic rings. The first-order chi connectivity index (χ1) is 9.67. The Morgan fingerprint density at radius 2 is 1.71 bits per heavy atom. The lowest BCUT2D eigenvalue weighted by molar-refractivity contribution is -0.128. The number of amides is 4. The van der Waals surface area contributed by atoms with Crippen LogP contribution in [0.4, 0.5) is 4.79 Å². The van der Waals surface area contributed by atoms with Crippen molar-refractivity contribution in [1.82, 2.24) is 20.4 Å². The van der Waals surface area contributed by atoms with Crippen LogP contribution in [0.1, 0.15) is 34.1 Å². The van der Waals surface area contributed by atoms with Crippen LogP contribution in [0.25, 0.3) is 0 Å². The molecule has 0 aromatic heterocycles. The van der Waals surface area contributed by atoms with Crippen LogP contribution in [-0.4, -0.2) is 65.9 Å². The van der Waals surface area contributed by atoms with E-state index in [1.807, 2.05) is 25.7 Å². The van der Waals surface area contributed by atoms with Gasteiger partial charge < -0.3 is 10.2 Å². The smallest absolute Gasteiger partial charge is 0.321 e. The maximum Gasteiger partial charge on any atom is 0.321 e. The fraction of sp³-hybridized carbons (Fsp3) is 0.786. The summed E-state index contributed by atoms with van der Waals surface area (Å²) in [5.74, 6) is -0.265. The summed E-state index contributed by atoms with van der Waals surface area (Å²) in [5.41, 5.74) is -0.380. The molecule has 0 saturated carbocycles. The maximum atomic E-state index is 11.8. The number of rotatable bonds is 2. The Kier molecular flexibility index (Phi) is 6.14. The van der Waals surface area contributed by atoms with Gasteiger partial charge in [0.05, 0.1) is 6.54 Å². The van der Waals surface area contributed by atoms with Gasteiger partial charge in [-0.1, -0.05) is 0 Å². The Bertz CT molecular complexity index is 404. The number of hydrogen-bond acceptors (Lipinski definition) is 4. The molecule has 1 aliphatic heterocycles. The topological polar surface area (TPSA) is 81.8 Å². The zero-order valence-corrected chi connectivity index (χ0v) is 13.4. The second-order valence-corrected chi connectivity index (χ2v) is 6.39. The molecule has 7 nitrogen and oxygen atoms in total. The fourth-order valence-electron chi connectivity index (χ4n) is 2.19. The lowest BCUT2D eigenvalue weighted by Gasteiger charge is -2.22. The predicted molar refractivity (Wildman–Crippen MR) is 79.7 cm³/mol. The second kappa shape index (κ2) is 7.40. The molecule has 0 aliphatic carbocycles. The zero-order chi connectivity index (χ0) is 16.0. The predicted octanol–water partition coefficient (Wildman–Crippen LogP) is 0.165. The summed E-state index contributed by atoms with van der Waals surface area (Å²) in [5, 5.41) is 5.01. The van der Waals surface area contributed by atoms with Gasteiger partial charge in [-0.05, 0) is 27.2 Å². The molecule has 0 unspecified atom stereocenters. The summed E-state index contributed by atoms with van der Waals surface area (Å²) < 4.78 is 0. The van der Waals surface area contributed by atoms with E-state index in [-0.39, 0.29) is 23.9 Å². The Morgan fingerprint density at radius 3 is 2.29 bits per heavy atom. The van der Waals surface area contributed by atoms with E-state index in [9.17, 15) is 14.4 Å². The number of carbonyl (C=O) groups is 3. The third kappa shape index (κ3) is 7.08. The number of urea groups is 1. The monoisotopic (exact) mass is 298 g/mol. The van der Waals surface area contributed by atoms with Gasteiger partial charge in [0.1, 0.15) is 0 Å². The van der Waals surface area contributed by atoms with Gasteiger partial charge in [0.15, 0.2) is 0 Å². The highest BCUT2D eigenvalue weighted by molar-refractivity contribution is 5.95. The lowest BCUT2D eigenvalue weighted by atomic mass is 10.1. The van der Waals surface area contributed by atoms with Crippen LogP contribution in [0.15, 0.2) is 0 Å². The Labute approximate surface area is 126 Å². The number of nitrogens with one attached hydrogen (secondary N) is 2. The molecule has 1 aliphatic rings. The normalized spacial score (nSPS) is 17.0. The summed E-state index contributed by atoms with van der Waals surface area (Å²) in [4.78, 5) is 38.5. The average molecular weight is 298 g/mol. The van der Waals surface area contributed by atoms with Crippen LogP contribution in [0.2, 0.25) is 0 Å².